The highest BCUT2D eigenvalue weighted by Crippen LogP contribution is 2.34. The molecular formula is C32H36N4O4. The number of carbonyl (C=O) groups excluding carboxylic acids is 1. The number of β-amino-alcohol motifs (C(OH)–C–C–N with tert-alkyl or cyclic N) is 1. The molecule has 1 amide bonds. The number of pyridine rings is 1. The molecule has 0 saturated heterocycles. The fourth-order valence-electron chi connectivity index (χ4n) is 5.00. The monoisotopic (exact) mass is 540 g/mol. The van der Waals surface area contributed by atoms with Crippen molar-refractivity contribution in [3.8, 4) is 11.6 Å². The number of hydrogen-bond acceptors (Lipinski definition) is 6. The van der Waals surface area contributed by atoms with Crippen molar-refractivity contribution in [2.24, 2.45) is 5.73 Å². The molecular weight excluding hydrogens is 504 g/mol. The first kappa shape index (κ1) is 27.4. The molecule has 8 heteroatoms. The van der Waals surface area contributed by atoms with Crippen molar-refractivity contribution in [2.75, 3.05) is 13.2 Å². The van der Waals surface area contributed by atoms with Crippen LogP contribution in [0.1, 0.15) is 53.9 Å². The lowest BCUT2D eigenvalue weighted by Gasteiger charge is -2.31. The van der Waals surface area contributed by atoms with E-state index >= 15 is 0 Å². The molecule has 4 aromatic rings. The maximum absolute atomic E-state index is 11.2. The van der Waals surface area contributed by atoms with Crippen LogP contribution < -0.4 is 15.8 Å². The van der Waals surface area contributed by atoms with Gasteiger partial charge in [0, 0.05) is 46.5 Å². The number of nitrogens with zero attached hydrogens (tertiary/aromatic N) is 1. The van der Waals surface area contributed by atoms with Crippen LogP contribution in [0.3, 0.4) is 0 Å². The van der Waals surface area contributed by atoms with Gasteiger partial charge in [-0.15, -0.1) is 0 Å². The average Bonchev–Trinajstić information content (AvgIpc) is 3.36. The summed E-state index contributed by atoms with van der Waals surface area (Å²) in [6, 6.07) is 19.3. The number of aromatic amines is 1. The lowest BCUT2D eigenvalue weighted by Crippen LogP contribution is -2.47. The number of rotatable bonds is 12. The molecule has 1 aliphatic rings. The van der Waals surface area contributed by atoms with Crippen molar-refractivity contribution in [2.45, 2.75) is 51.2 Å². The van der Waals surface area contributed by atoms with E-state index in [4.69, 9.17) is 15.2 Å². The summed E-state index contributed by atoms with van der Waals surface area (Å²) in [4.78, 5) is 18.8. The maximum Gasteiger partial charge on any atom is 0.250 e. The summed E-state index contributed by atoms with van der Waals surface area (Å²) in [5.41, 5.74) is 9.95. The van der Waals surface area contributed by atoms with Crippen LogP contribution in [0.5, 0.6) is 11.6 Å². The minimum absolute atomic E-state index is 0.205. The third-order valence-corrected chi connectivity index (χ3v) is 7.49. The van der Waals surface area contributed by atoms with E-state index in [-0.39, 0.29) is 12.1 Å². The number of hydrogen-bond donors (Lipinski definition) is 4. The molecule has 2 atom stereocenters. The Morgan fingerprint density at radius 3 is 2.70 bits per heavy atom. The Bertz CT molecular complexity index is 1490. The number of primary amides is 1. The quantitative estimate of drug-likeness (QED) is 0.198. The summed E-state index contributed by atoms with van der Waals surface area (Å²) >= 11 is 0. The minimum Gasteiger partial charge on any atom is -0.490 e. The van der Waals surface area contributed by atoms with E-state index in [1.165, 1.54) is 11.9 Å². The molecule has 0 aliphatic heterocycles. The molecule has 40 heavy (non-hydrogen) atoms. The van der Waals surface area contributed by atoms with E-state index < -0.39 is 12.0 Å². The zero-order chi connectivity index (χ0) is 28.1. The standard InChI is InChI=1S/C32H36N4O4/c1-3-32(2,17-21-11-14-24(15-12-21)40-29-16-13-22(18-34-29)31(33)38)35-19-23(37)20-39-28-10-6-9-27-30(28)25-7-4-5-8-26(25)36-27/h4-5,7-8,10-16,18,23,35-37H,3,6,9,17,19-20H2,1-2H3,(H2,33,38)/t23-,32-/m0/s1. The van der Waals surface area contributed by atoms with Crippen molar-refractivity contribution in [3.63, 3.8) is 0 Å². The summed E-state index contributed by atoms with van der Waals surface area (Å²) in [5, 5.41) is 15.5. The Kier molecular flexibility index (Phi) is 8.19. The Balaban J connectivity index is 1.13. The number of nitrogens with one attached hydrogen (secondary N) is 2. The lowest BCUT2D eigenvalue weighted by atomic mass is 9.90. The molecule has 0 saturated carbocycles. The Labute approximate surface area is 234 Å². The Morgan fingerprint density at radius 1 is 1.18 bits per heavy atom. The number of amides is 1. The number of nitrogens with two attached hydrogens (primary N) is 1. The zero-order valence-electron chi connectivity index (χ0n) is 22.9. The average molecular weight is 541 g/mol. The van der Waals surface area contributed by atoms with Gasteiger partial charge in [0.25, 0.3) is 0 Å². The number of H-pyrrole nitrogens is 1. The van der Waals surface area contributed by atoms with Gasteiger partial charge in [0.05, 0.1) is 5.56 Å². The number of para-hydroxylation sites is 1. The van der Waals surface area contributed by atoms with Gasteiger partial charge in [-0.05, 0) is 68.5 Å². The van der Waals surface area contributed by atoms with Gasteiger partial charge < -0.3 is 30.6 Å². The second-order valence-corrected chi connectivity index (χ2v) is 10.6. The molecule has 1 aliphatic carbocycles. The van der Waals surface area contributed by atoms with Gasteiger partial charge in [-0.2, -0.15) is 0 Å². The van der Waals surface area contributed by atoms with Gasteiger partial charge in [0.2, 0.25) is 11.8 Å². The molecule has 2 aromatic carbocycles. The highest BCUT2D eigenvalue weighted by Gasteiger charge is 2.24. The van der Waals surface area contributed by atoms with E-state index in [9.17, 15) is 9.90 Å². The summed E-state index contributed by atoms with van der Waals surface area (Å²) in [6.07, 6.45) is 6.43. The van der Waals surface area contributed by atoms with E-state index in [1.807, 2.05) is 36.4 Å². The van der Waals surface area contributed by atoms with Crippen LogP contribution in [-0.2, 0) is 17.6 Å². The molecule has 5 N–H and O–H groups in total. The SMILES string of the molecule is CC[C@@](C)(Cc1ccc(Oc2ccc(C(N)=O)cn2)cc1)NC[C@H](O)COC1=CCCc2[nH]c3ccccc3c21. The zero-order valence-corrected chi connectivity index (χ0v) is 22.9. The number of aryl methyl sites for hydroxylation is 1. The van der Waals surface area contributed by atoms with Crippen molar-refractivity contribution in [1.29, 1.82) is 0 Å². The summed E-state index contributed by atoms with van der Waals surface area (Å²) in [5.74, 6) is 1.36. The van der Waals surface area contributed by atoms with Crippen LogP contribution in [0.4, 0.5) is 0 Å². The number of ether oxygens (including phenoxy) is 2. The van der Waals surface area contributed by atoms with Crippen molar-refractivity contribution in [1.82, 2.24) is 15.3 Å². The van der Waals surface area contributed by atoms with Crippen molar-refractivity contribution in [3.05, 3.63) is 95.3 Å². The van der Waals surface area contributed by atoms with Crippen LogP contribution in [0.15, 0.2) is 72.9 Å². The molecule has 2 heterocycles. The molecule has 0 unspecified atom stereocenters. The summed E-state index contributed by atoms with van der Waals surface area (Å²) in [7, 11) is 0. The van der Waals surface area contributed by atoms with Gasteiger partial charge in [0.15, 0.2) is 0 Å². The second kappa shape index (κ2) is 11.9. The van der Waals surface area contributed by atoms with Gasteiger partial charge in [0.1, 0.15) is 24.2 Å². The topological polar surface area (TPSA) is 122 Å². The van der Waals surface area contributed by atoms with Crippen LogP contribution in [0.25, 0.3) is 16.7 Å². The molecule has 0 radical (unpaired) electrons. The number of allylic oxidation sites excluding steroid dienone is 1. The third kappa shape index (κ3) is 6.35. The number of carbonyl (C=O) groups is 1. The van der Waals surface area contributed by atoms with Gasteiger partial charge in [-0.1, -0.05) is 37.3 Å². The highest BCUT2D eigenvalue weighted by molar-refractivity contribution is 5.93. The predicted molar refractivity (Wildman–Crippen MR) is 156 cm³/mol. The first-order valence-corrected chi connectivity index (χ1v) is 13.7. The fraction of sp³-hybridized carbons (Fsp3) is 0.312. The first-order chi connectivity index (χ1) is 19.3. The molecule has 0 bridgehead atoms. The Morgan fingerprint density at radius 2 is 1.98 bits per heavy atom. The normalized spacial score (nSPS) is 15.1. The number of aromatic nitrogens is 2. The van der Waals surface area contributed by atoms with Crippen molar-refractivity contribution < 1.29 is 19.4 Å². The molecule has 0 fully saturated rings. The summed E-state index contributed by atoms with van der Waals surface area (Å²) < 4.78 is 11.9. The van der Waals surface area contributed by atoms with Gasteiger partial charge in [-0.3, -0.25) is 4.79 Å². The second-order valence-electron chi connectivity index (χ2n) is 10.6. The van der Waals surface area contributed by atoms with Crippen LogP contribution in [0.2, 0.25) is 0 Å². The van der Waals surface area contributed by atoms with Gasteiger partial charge in [-0.25, -0.2) is 4.98 Å². The summed E-state index contributed by atoms with van der Waals surface area (Å²) in [6.45, 7) is 4.95. The molecule has 8 nitrogen and oxygen atoms in total. The number of aliphatic hydroxyl groups is 1. The third-order valence-electron chi connectivity index (χ3n) is 7.49. The van der Waals surface area contributed by atoms with Crippen molar-refractivity contribution >= 4 is 22.6 Å². The molecule has 5 rings (SSSR count). The minimum atomic E-state index is -0.647. The largest absolute Gasteiger partial charge is 0.490 e. The van der Waals surface area contributed by atoms with Crippen LogP contribution in [0, 0.1) is 0 Å². The first-order valence-electron chi connectivity index (χ1n) is 13.7. The molecule has 208 valence electrons. The number of benzene rings is 2. The number of aliphatic hydroxyl groups excluding tert-OH is 1. The predicted octanol–water partition coefficient (Wildman–Crippen LogP) is 5.12. The highest BCUT2D eigenvalue weighted by atomic mass is 16.5. The maximum atomic E-state index is 11.2. The van der Waals surface area contributed by atoms with Crippen LogP contribution >= 0.6 is 0 Å². The smallest absolute Gasteiger partial charge is 0.250 e. The van der Waals surface area contributed by atoms with E-state index in [1.54, 1.807) is 12.1 Å². The molecule has 2 aromatic heterocycles. The van der Waals surface area contributed by atoms with Gasteiger partial charge >= 0.3 is 0 Å². The lowest BCUT2D eigenvalue weighted by molar-refractivity contribution is 0.0844. The van der Waals surface area contributed by atoms with E-state index in [2.05, 4.69) is 47.3 Å². The van der Waals surface area contributed by atoms with E-state index in [0.29, 0.717) is 23.7 Å². The number of fused-ring (bicyclic) bond motifs is 3. The molecule has 0 spiro atoms. The van der Waals surface area contributed by atoms with E-state index in [0.717, 1.165) is 53.5 Å². The fourth-order valence-corrected chi connectivity index (χ4v) is 5.00. The Hall–Kier alpha value is -4.14. The van der Waals surface area contributed by atoms with Crippen LogP contribution in [-0.4, -0.2) is 45.8 Å².